The summed E-state index contributed by atoms with van der Waals surface area (Å²) in [5, 5.41) is 0. The molecule has 3 heteroatoms. The molecule has 0 radical (unpaired) electrons. The van der Waals surface area contributed by atoms with Crippen LogP contribution in [0.25, 0.3) is 0 Å². The van der Waals surface area contributed by atoms with Gasteiger partial charge in [0.2, 0.25) is 0 Å². The Labute approximate surface area is 129 Å². The molecule has 0 saturated heterocycles. The van der Waals surface area contributed by atoms with Gasteiger partial charge in [0.1, 0.15) is 5.75 Å². The van der Waals surface area contributed by atoms with Crippen molar-refractivity contribution in [3.8, 4) is 5.75 Å². The molecule has 0 fully saturated rings. The minimum Gasteiger partial charge on any atom is -0.491 e. The molecule has 2 aromatic rings. The third-order valence-electron chi connectivity index (χ3n) is 3.49. The third kappa shape index (κ3) is 2.70. The summed E-state index contributed by atoms with van der Waals surface area (Å²) in [5.74, 6) is 1.69. The van der Waals surface area contributed by atoms with Crippen molar-refractivity contribution in [1.82, 2.24) is 0 Å². The highest BCUT2D eigenvalue weighted by Crippen LogP contribution is 2.38. The van der Waals surface area contributed by atoms with Crippen LogP contribution in [0.1, 0.15) is 40.9 Å². The molecular weight excluding hydrogens is 280 g/mol. The number of ketones is 1. The van der Waals surface area contributed by atoms with E-state index >= 15 is 0 Å². The summed E-state index contributed by atoms with van der Waals surface area (Å²) in [7, 11) is 0. The molecule has 0 aromatic heterocycles. The first-order chi connectivity index (χ1) is 10.1. The van der Waals surface area contributed by atoms with Crippen molar-refractivity contribution in [2.24, 2.45) is 0 Å². The van der Waals surface area contributed by atoms with Gasteiger partial charge < -0.3 is 4.74 Å². The number of hydrogen-bond donors (Lipinski definition) is 0. The molecule has 1 aliphatic heterocycles. The second kappa shape index (κ2) is 5.57. The summed E-state index contributed by atoms with van der Waals surface area (Å²) in [6, 6.07) is 11.8. The molecule has 0 bridgehead atoms. The van der Waals surface area contributed by atoms with Crippen molar-refractivity contribution in [1.29, 1.82) is 0 Å². The van der Waals surface area contributed by atoms with Crippen LogP contribution >= 0.6 is 11.8 Å². The van der Waals surface area contributed by atoms with Crippen molar-refractivity contribution in [2.75, 3.05) is 0 Å². The van der Waals surface area contributed by atoms with Crippen LogP contribution in [0.4, 0.5) is 0 Å². The fraction of sp³-hybridized carbons (Fsp3) is 0.278. The molecule has 108 valence electrons. The smallest absolute Gasteiger partial charge is 0.194 e. The number of carbonyl (C=O) groups excluding carboxylic acids is 1. The molecule has 0 atom stereocenters. The lowest BCUT2D eigenvalue weighted by Gasteiger charge is -2.15. The molecule has 0 unspecified atom stereocenters. The van der Waals surface area contributed by atoms with Gasteiger partial charge in [0.25, 0.3) is 0 Å². The van der Waals surface area contributed by atoms with E-state index in [0.29, 0.717) is 0 Å². The number of rotatable bonds is 2. The summed E-state index contributed by atoms with van der Waals surface area (Å²) in [4.78, 5) is 13.9. The average molecular weight is 298 g/mol. The molecule has 3 rings (SSSR count). The van der Waals surface area contributed by atoms with Gasteiger partial charge in [-0.2, -0.15) is 0 Å². The first kappa shape index (κ1) is 14.2. The Bertz CT molecular complexity index is 704. The predicted molar refractivity (Wildman–Crippen MR) is 86.4 cm³/mol. The topological polar surface area (TPSA) is 26.3 Å². The fourth-order valence-corrected chi connectivity index (χ4v) is 3.71. The monoisotopic (exact) mass is 298 g/mol. The molecule has 0 amide bonds. The van der Waals surface area contributed by atoms with Gasteiger partial charge in [-0.3, -0.25) is 4.79 Å². The summed E-state index contributed by atoms with van der Waals surface area (Å²) in [6.45, 7) is 6.06. The Morgan fingerprint density at radius 1 is 1.14 bits per heavy atom. The van der Waals surface area contributed by atoms with Crippen LogP contribution in [0.5, 0.6) is 5.75 Å². The maximum absolute atomic E-state index is 12.8. The zero-order chi connectivity index (χ0) is 15.0. The van der Waals surface area contributed by atoms with Crippen molar-refractivity contribution in [3.63, 3.8) is 0 Å². The van der Waals surface area contributed by atoms with E-state index in [9.17, 15) is 4.79 Å². The molecule has 0 aliphatic carbocycles. The highest BCUT2D eigenvalue weighted by Gasteiger charge is 2.24. The van der Waals surface area contributed by atoms with E-state index < -0.39 is 0 Å². The standard InChI is InChI=1S/C18H18O2S/c1-11(2)20-16-6-4-5-13-15(16)10-21-17-9-12(3)7-8-14(17)18(13)19/h4-9,11H,10H2,1-3H3. The van der Waals surface area contributed by atoms with Crippen LogP contribution in [0.3, 0.4) is 0 Å². The minimum absolute atomic E-state index is 0.0965. The summed E-state index contributed by atoms with van der Waals surface area (Å²) < 4.78 is 5.87. The Kier molecular flexibility index (Phi) is 3.77. The SMILES string of the molecule is Cc1ccc2c(c1)SCc1c(OC(C)C)cccc1C2=O. The normalized spacial score (nSPS) is 13.6. The Morgan fingerprint density at radius 2 is 1.95 bits per heavy atom. The van der Waals surface area contributed by atoms with Crippen LogP contribution in [0, 0.1) is 6.92 Å². The van der Waals surface area contributed by atoms with Gasteiger partial charge in [-0.15, -0.1) is 11.8 Å². The zero-order valence-electron chi connectivity index (χ0n) is 12.5. The van der Waals surface area contributed by atoms with Gasteiger partial charge in [0.15, 0.2) is 5.78 Å². The van der Waals surface area contributed by atoms with Gasteiger partial charge in [-0.25, -0.2) is 0 Å². The molecule has 0 saturated carbocycles. The Balaban J connectivity index is 2.11. The average Bonchev–Trinajstić information content (AvgIpc) is 2.57. The summed E-state index contributed by atoms with van der Waals surface area (Å²) in [6.07, 6.45) is 0.101. The summed E-state index contributed by atoms with van der Waals surface area (Å²) in [5.41, 5.74) is 3.75. The lowest BCUT2D eigenvalue weighted by Crippen LogP contribution is -2.10. The van der Waals surface area contributed by atoms with E-state index in [2.05, 4.69) is 13.0 Å². The molecular formula is C18H18O2S. The van der Waals surface area contributed by atoms with Crippen molar-refractivity contribution in [2.45, 2.75) is 37.5 Å². The van der Waals surface area contributed by atoms with Gasteiger partial charge in [-0.05, 0) is 44.5 Å². The first-order valence-corrected chi connectivity index (χ1v) is 8.11. The number of thioether (sulfide) groups is 1. The van der Waals surface area contributed by atoms with Gasteiger partial charge in [0.05, 0.1) is 6.10 Å². The minimum atomic E-state index is 0.0965. The van der Waals surface area contributed by atoms with Gasteiger partial charge in [0, 0.05) is 27.3 Å². The number of benzene rings is 2. The number of carbonyl (C=O) groups is 1. The molecule has 21 heavy (non-hydrogen) atoms. The fourth-order valence-electron chi connectivity index (χ4n) is 2.52. The zero-order valence-corrected chi connectivity index (χ0v) is 13.3. The molecule has 0 N–H and O–H groups in total. The van der Waals surface area contributed by atoms with Crippen LogP contribution < -0.4 is 4.74 Å². The highest BCUT2D eigenvalue weighted by molar-refractivity contribution is 7.98. The van der Waals surface area contributed by atoms with Crippen molar-refractivity contribution < 1.29 is 9.53 Å². The molecule has 1 aliphatic rings. The largest absolute Gasteiger partial charge is 0.491 e. The number of aryl methyl sites for hydroxylation is 1. The van der Waals surface area contributed by atoms with Gasteiger partial charge >= 0.3 is 0 Å². The highest BCUT2D eigenvalue weighted by atomic mass is 32.2. The van der Waals surface area contributed by atoms with Crippen molar-refractivity contribution in [3.05, 3.63) is 58.7 Å². The van der Waals surface area contributed by atoms with E-state index in [0.717, 1.165) is 33.1 Å². The van der Waals surface area contributed by atoms with E-state index in [-0.39, 0.29) is 11.9 Å². The van der Waals surface area contributed by atoms with Crippen LogP contribution in [-0.2, 0) is 5.75 Å². The maximum atomic E-state index is 12.8. The second-order valence-electron chi connectivity index (χ2n) is 5.57. The lowest BCUT2D eigenvalue weighted by atomic mass is 9.98. The van der Waals surface area contributed by atoms with Crippen LogP contribution in [-0.4, -0.2) is 11.9 Å². The molecule has 0 spiro atoms. The Hall–Kier alpha value is -1.74. The van der Waals surface area contributed by atoms with Gasteiger partial charge in [-0.1, -0.05) is 18.2 Å². The van der Waals surface area contributed by atoms with Crippen LogP contribution in [0.15, 0.2) is 41.3 Å². The lowest BCUT2D eigenvalue weighted by molar-refractivity contribution is 0.103. The van der Waals surface area contributed by atoms with Crippen molar-refractivity contribution >= 4 is 17.5 Å². The predicted octanol–water partition coefficient (Wildman–Crippen LogP) is 4.62. The summed E-state index contributed by atoms with van der Waals surface area (Å²) >= 11 is 1.71. The quantitative estimate of drug-likeness (QED) is 0.809. The molecule has 2 nitrogen and oxygen atoms in total. The Morgan fingerprint density at radius 3 is 2.71 bits per heavy atom. The first-order valence-electron chi connectivity index (χ1n) is 7.13. The van der Waals surface area contributed by atoms with E-state index in [1.165, 1.54) is 5.56 Å². The number of hydrogen-bond acceptors (Lipinski definition) is 3. The van der Waals surface area contributed by atoms with E-state index in [1.807, 2.05) is 44.2 Å². The second-order valence-corrected chi connectivity index (χ2v) is 6.58. The third-order valence-corrected chi connectivity index (χ3v) is 4.58. The van der Waals surface area contributed by atoms with Crippen LogP contribution in [0.2, 0.25) is 0 Å². The van der Waals surface area contributed by atoms with E-state index in [4.69, 9.17) is 4.74 Å². The maximum Gasteiger partial charge on any atom is 0.194 e. The van der Waals surface area contributed by atoms with E-state index in [1.54, 1.807) is 11.8 Å². The molecule has 1 heterocycles. The molecule has 2 aromatic carbocycles. The number of fused-ring (bicyclic) bond motifs is 2. The number of ether oxygens (including phenoxy) is 1.